The third kappa shape index (κ3) is 5.68. The van der Waals surface area contributed by atoms with E-state index in [9.17, 15) is 4.79 Å². The fourth-order valence-electron chi connectivity index (χ4n) is 0.648. The summed E-state index contributed by atoms with van der Waals surface area (Å²) >= 11 is 0. The van der Waals surface area contributed by atoms with E-state index >= 15 is 0 Å². The second-order valence-corrected chi connectivity index (χ2v) is 3.85. The lowest BCUT2D eigenvalue weighted by molar-refractivity contribution is -0.310. The summed E-state index contributed by atoms with van der Waals surface area (Å²) in [5.41, 5.74) is 0. The van der Waals surface area contributed by atoms with E-state index in [1.165, 1.54) is 20.3 Å². The summed E-state index contributed by atoms with van der Waals surface area (Å²) in [4.78, 5) is 13.1. The van der Waals surface area contributed by atoms with Crippen molar-refractivity contribution < 1.29 is 18.7 Å². The fraction of sp³-hybridized carbons (Fsp3) is 0.857. The van der Waals surface area contributed by atoms with E-state index in [1.54, 1.807) is 6.92 Å². The Balaban J connectivity index is 3.55. The molecule has 76 valence electrons. The third-order valence-electron chi connectivity index (χ3n) is 1.58. The monoisotopic (exact) mass is 205 g/mol. The number of ether oxygens (including phenoxy) is 2. The minimum atomic E-state index is -0.947. The zero-order valence-electron chi connectivity index (χ0n) is 8.20. The van der Waals surface area contributed by atoms with Crippen LogP contribution in [-0.4, -0.2) is 42.6 Å². The molecule has 5 nitrogen and oxygen atoms in total. The molecule has 13 heavy (non-hydrogen) atoms. The molecule has 0 aliphatic carbocycles. The van der Waals surface area contributed by atoms with Gasteiger partial charge in [-0.05, 0) is 6.04 Å². The van der Waals surface area contributed by atoms with E-state index < -0.39 is 15.7 Å². The number of isocyanates is 1. The molecule has 0 aromatic rings. The molecule has 0 saturated carbocycles. The zero-order chi connectivity index (χ0) is 10.2. The Hall–Kier alpha value is -0.523. The first-order valence-corrected chi connectivity index (χ1v) is 5.54. The van der Waals surface area contributed by atoms with Gasteiger partial charge in [0.25, 0.3) is 5.97 Å². The van der Waals surface area contributed by atoms with Gasteiger partial charge in [0.15, 0.2) is 9.76 Å². The van der Waals surface area contributed by atoms with Crippen LogP contribution in [0.5, 0.6) is 0 Å². The molecular weight excluding hydrogens is 190 g/mol. The van der Waals surface area contributed by atoms with Crippen LogP contribution >= 0.6 is 0 Å². The van der Waals surface area contributed by atoms with Crippen molar-refractivity contribution in [2.24, 2.45) is 4.99 Å². The summed E-state index contributed by atoms with van der Waals surface area (Å²) < 4.78 is 15.3. The van der Waals surface area contributed by atoms with Crippen LogP contribution < -0.4 is 0 Å². The predicted octanol–water partition coefficient (Wildman–Crippen LogP) is -0.193. The first-order valence-electron chi connectivity index (χ1n) is 3.96. The molecule has 0 aromatic carbocycles. The predicted molar refractivity (Wildman–Crippen MR) is 49.8 cm³/mol. The number of aliphatic imine (C=N–C) groups is 1. The maximum atomic E-state index is 9.71. The molecule has 0 aliphatic heterocycles. The summed E-state index contributed by atoms with van der Waals surface area (Å²) in [7, 11) is 2.27. The maximum absolute atomic E-state index is 9.71. The smallest absolute Gasteiger partial charge is 0.269 e. The van der Waals surface area contributed by atoms with Gasteiger partial charge in [0.2, 0.25) is 6.08 Å². The highest BCUT2D eigenvalue weighted by Gasteiger charge is 2.22. The highest BCUT2D eigenvalue weighted by Crippen LogP contribution is 2.10. The zero-order valence-corrected chi connectivity index (χ0v) is 9.62. The Kier molecular flexibility index (Phi) is 6.66. The molecule has 6 heteroatoms. The van der Waals surface area contributed by atoms with E-state index in [4.69, 9.17) is 13.9 Å². The highest BCUT2D eigenvalue weighted by molar-refractivity contribution is 6.27. The lowest BCUT2D eigenvalue weighted by atomic mass is 10.7. The molecule has 0 N–H and O–H groups in total. The molecule has 0 radical (unpaired) electrons. The van der Waals surface area contributed by atoms with Crippen molar-refractivity contribution in [2.45, 2.75) is 18.9 Å². The van der Waals surface area contributed by atoms with Gasteiger partial charge in [-0.25, -0.2) is 9.79 Å². The van der Waals surface area contributed by atoms with Gasteiger partial charge < -0.3 is 13.9 Å². The lowest BCUT2D eigenvalue weighted by Crippen LogP contribution is -2.34. The quantitative estimate of drug-likeness (QED) is 0.190. The van der Waals surface area contributed by atoms with Crippen molar-refractivity contribution in [1.82, 2.24) is 0 Å². The fourth-order valence-corrected chi connectivity index (χ4v) is 1.69. The molecule has 0 aliphatic rings. The second-order valence-electron chi connectivity index (χ2n) is 2.45. The van der Waals surface area contributed by atoms with E-state index in [0.29, 0.717) is 6.54 Å². The topological polar surface area (TPSA) is 57.1 Å². The Morgan fingerprint density at radius 2 is 2.08 bits per heavy atom. The molecule has 0 fully saturated rings. The molecule has 0 spiro atoms. The molecule has 0 rings (SSSR count). The number of nitrogens with zero attached hydrogens (tertiary/aromatic N) is 1. The molecule has 0 amide bonds. The van der Waals surface area contributed by atoms with Crippen molar-refractivity contribution >= 4 is 15.8 Å². The third-order valence-corrected chi connectivity index (χ3v) is 2.92. The molecular formula is C7H15NO4Si. The first kappa shape index (κ1) is 12.5. The minimum Gasteiger partial charge on any atom is -0.376 e. The van der Waals surface area contributed by atoms with Crippen molar-refractivity contribution in [1.29, 1.82) is 0 Å². The van der Waals surface area contributed by atoms with Gasteiger partial charge in [-0.15, -0.1) is 0 Å². The van der Waals surface area contributed by atoms with E-state index in [-0.39, 0.29) is 0 Å². The Morgan fingerprint density at radius 1 is 1.46 bits per heavy atom. The minimum absolute atomic E-state index is 0.471. The van der Waals surface area contributed by atoms with E-state index in [0.717, 1.165) is 6.04 Å². The molecule has 0 aromatic heterocycles. The average Bonchev–Trinajstić information content (AvgIpc) is 2.17. The first-order chi connectivity index (χ1) is 6.18. The van der Waals surface area contributed by atoms with Crippen molar-refractivity contribution in [2.75, 3.05) is 20.8 Å². The number of carbonyl (C=O) groups excluding carboxylic acids is 1. The summed E-state index contributed by atoms with van der Waals surface area (Å²) in [6.07, 6.45) is 1.47. The van der Waals surface area contributed by atoms with Crippen LogP contribution in [0.4, 0.5) is 0 Å². The summed E-state index contributed by atoms with van der Waals surface area (Å²) in [6, 6.07) is 0.775. The number of hydrogen-bond acceptors (Lipinski definition) is 5. The van der Waals surface area contributed by atoms with Gasteiger partial charge in [-0.2, -0.15) is 0 Å². The molecule has 0 unspecified atom stereocenters. The largest absolute Gasteiger partial charge is 0.376 e. The van der Waals surface area contributed by atoms with Gasteiger partial charge >= 0.3 is 0 Å². The summed E-state index contributed by atoms with van der Waals surface area (Å²) in [5, 5.41) is 0. The van der Waals surface area contributed by atoms with Crippen LogP contribution in [0, 0.1) is 0 Å². The summed E-state index contributed by atoms with van der Waals surface area (Å²) in [6.45, 7) is 2.17. The molecule has 0 saturated heterocycles. The SMILES string of the molecule is COC(C)(OC)O[SiH2]CCN=C=O. The number of hydrogen-bond donors (Lipinski definition) is 0. The van der Waals surface area contributed by atoms with Crippen LogP contribution in [0.25, 0.3) is 0 Å². The van der Waals surface area contributed by atoms with Gasteiger partial charge in [-0.3, -0.25) is 0 Å². The second kappa shape index (κ2) is 6.94. The maximum Gasteiger partial charge on any atom is 0.269 e. The number of methoxy groups -OCH3 is 2. The Labute approximate surface area is 80.0 Å². The molecule has 0 bridgehead atoms. The van der Waals surface area contributed by atoms with Crippen molar-refractivity contribution in [3.63, 3.8) is 0 Å². The van der Waals surface area contributed by atoms with Crippen LogP contribution in [0.15, 0.2) is 4.99 Å². The van der Waals surface area contributed by atoms with Crippen LogP contribution in [0.2, 0.25) is 6.04 Å². The lowest BCUT2D eigenvalue weighted by Gasteiger charge is -2.26. The Morgan fingerprint density at radius 3 is 2.54 bits per heavy atom. The van der Waals surface area contributed by atoms with Crippen LogP contribution in [0.3, 0.4) is 0 Å². The van der Waals surface area contributed by atoms with E-state index in [2.05, 4.69) is 4.99 Å². The average molecular weight is 205 g/mol. The molecule has 0 heterocycles. The van der Waals surface area contributed by atoms with Crippen molar-refractivity contribution in [3.8, 4) is 0 Å². The van der Waals surface area contributed by atoms with Crippen molar-refractivity contribution in [3.05, 3.63) is 0 Å². The van der Waals surface area contributed by atoms with E-state index in [1.807, 2.05) is 0 Å². The normalized spacial score (nSPS) is 11.9. The number of rotatable bonds is 7. The molecule has 0 atom stereocenters. The Bertz CT molecular complexity index is 177. The van der Waals surface area contributed by atoms with Gasteiger partial charge in [0, 0.05) is 21.1 Å². The highest BCUT2D eigenvalue weighted by atomic mass is 28.2. The standard InChI is InChI=1S/C7H15NO4Si/c1-7(10-2,11-3)12-13-5-4-8-6-9/h4-5,13H2,1-3H3. The van der Waals surface area contributed by atoms with Gasteiger partial charge in [0.1, 0.15) is 0 Å². The van der Waals surface area contributed by atoms with Crippen LogP contribution in [-0.2, 0) is 18.7 Å². The van der Waals surface area contributed by atoms with Gasteiger partial charge in [-0.1, -0.05) is 0 Å². The van der Waals surface area contributed by atoms with Crippen LogP contribution in [0.1, 0.15) is 6.92 Å². The van der Waals surface area contributed by atoms with Gasteiger partial charge in [0.05, 0.1) is 6.54 Å². The summed E-state index contributed by atoms with van der Waals surface area (Å²) in [5.74, 6) is -0.947.